The van der Waals surface area contributed by atoms with Crippen molar-refractivity contribution >= 4 is 46.6 Å². The Balaban J connectivity index is 1.19. The molecule has 0 atom stereocenters. The highest BCUT2D eigenvalue weighted by Crippen LogP contribution is 2.57. The summed E-state index contributed by atoms with van der Waals surface area (Å²) < 4.78 is 0. The van der Waals surface area contributed by atoms with Crippen LogP contribution in [0.25, 0.3) is 22.3 Å². The maximum absolute atomic E-state index is 4.18. The van der Waals surface area contributed by atoms with Crippen molar-refractivity contribution in [2.45, 2.75) is 187 Å². The van der Waals surface area contributed by atoms with Gasteiger partial charge in [0.25, 0.3) is 0 Å². The molecule has 1 heterocycles. The first kappa shape index (κ1) is 45.4. The van der Waals surface area contributed by atoms with Gasteiger partial charge in [-0.25, -0.2) is 0 Å². The van der Waals surface area contributed by atoms with E-state index in [1.807, 2.05) is 0 Å². The highest BCUT2D eigenvalue weighted by Gasteiger charge is 2.45. The van der Waals surface area contributed by atoms with Gasteiger partial charge in [0.05, 0.1) is 0 Å². The van der Waals surface area contributed by atoms with Crippen LogP contribution < -0.4 is 21.1 Å². The van der Waals surface area contributed by atoms with E-state index in [2.05, 4.69) is 219 Å². The Hall–Kier alpha value is -5.02. The van der Waals surface area contributed by atoms with Gasteiger partial charge in [-0.05, 0) is 199 Å². The fourth-order valence-corrected chi connectivity index (χ4v) is 13.8. The summed E-state index contributed by atoms with van der Waals surface area (Å²) in [5.74, 6) is 0. The highest BCUT2D eigenvalue weighted by molar-refractivity contribution is 6.73. The quantitative estimate of drug-likeness (QED) is 0.177. The molecule has 3 heteroatoms. The maximum Gasteiger partial charge on any atom is 0.197 e. The van der Waals surface area contributed by atoms with E-state index in [4.69, 9.17) is 0 Å². The summed E-state index contributed by atoms with van der Waals surface area (Å²) >= 11 is 0. The third-order valence-electron chi connectivity index (χ3n) is 18.6. The average Bonchev–Trinajstić information content (AvgIpc) is 3.50. The van der Waals surface area contributed by atoms with Crippen LogP contribution in [0.15, 0.2) is 91.0 Å². The lowest BCUT2D eigenvalue weighted by Crippen LogP contribution is -2.43. The standard InChI is InChI=1S/C65H76BN2/c1-38-31-44(43-35-49-50(63(11,12)29-28-62(49,9)10)36-53(43)67-40-21-23-46-48(34-40)61(7,8)26-25-59(46,3)4)57-55(32-38)68(54-37-51-47(33-39(54)2)60(5,6)27-30-64(51,13)14)58-52(66-57)24-22-42-41-19-17-18-20-45(41)65(15,16)56(42)58/h17-24,31-37,67H,25-30H2,1-16H3. The minimum absolute atomic E-state index is 0.0494. The lowest BCUT2D eigenvalue weighted by molar-refractivity contribution is 0.332. The van der Waals surface area contributed by atoms with Crippen molar-refractivity contribution in [1.82, 2.24) is 0 Å². The number of aryl methyl sites for hydroxylation is 2. The monoisotopic (exact) mass is 896 g/mol. The van der Waals surface area contributed by atoms with Crippen LogP contribution in [0.4, 0.5) is 28.4 Å². The molecule has 0 fully saturated rings. The van der Waals surface area contributed by atoms with E-state index in [1.165, 1.54) is 156 Å². The predicted molar refractivity (Wildman–Crippen MR) is 294 cm³/mol. The zero-order valence-electron chi connectivity index (χ0n) is 44.4. The van der Waals surface area contributed by atoms with Gasteiger partial charge < -0.3 is 10.2 Å². The molecule has 11 rings (SSSR count). The lowest BCUT2D eigenvalue weighted by Gasteiger charge is -2.44. The van der Waals surface area contributed by atoms with E-state index in [-0.39, 0.29) is 37.9 Å². The summed E-state index contributed by atoms with van der Waals surface area (Å²) in [6.07, 6.45) is 7.12. The van der Waals surface area contributed by atoms with Crippen molar-refractivity contribution in [3.05, 3.63) is 147 Å². The Morgan fingerprint density at radius 3 is 1.62 bits per heavy atom. The third kappa shape index (κ3) is 6.70. The van der Waals surface area contributed by atoms with E-state index in [1.54, 1.807) is 0 Å². The Labute approximate surface area is 411 Å². The molecule has 4 aliphatic carbocycles. The Kier molecular flexibility index (Phi) is 9.70. The number of anilines is 5. The van der Waals surface area contributed by atoms with Crippen LogP contribution in [0.5, 0.6) is 0 Å². The van der Waals surface area contributed by atoms with Gasteiger partial charge in [-0.2, -0.15) is 0 Å². The minimum Gasteiger partial charge on any atom is -0.355 e. The largest absolute Gasteiger partial charge is 0.355 e. The van der Waals surface area contributed by atoms with Crippen LogP contribution in [-0.2, 0) is 37.9 Å². The van der Waals surface area contributed by atoms with E-state index < -0.39 is 0 Å². The normalized spacial score (nSPS) is 20.9. The number of fused-ring (bicyclic) bond motifs is 9. The van der Waals surface area contributed by atoms with Crippen LogP contribution in [0.3, 0.4) is 0 Å². The molecule has 0 saturated heterocycles. The van der Waals surface area contributed by atoms with Gasteiger partial charge in [0.15, 0.2) is 7.28 Å². The molecule has 0 amide bonds. The van der Waals surface area contributed by atoms with Crippen molar-refractivity contribution in [2.75, 3.05) is 10.2 Å². The van der Waals surface area contributed by atoms with E-state index >= 15 is 0 Å². The topological polar surface area (TPSA) is 15.3 Å². The number of rotatable bonds is 4. The molecule has 0 aromatic heterocycles. The molecule has 6 aromatic rings. The fourth-order valence-electron chi connectivity index (χ4n) is 13.8. The number of hydrogen-bond acceptors (Lipinski definition) is 2. The summed E-state index contributed by atoms with van der Waals surface area (Å²) in [4.78, 5) is 2.73. The number of nitrogens with one attached hydrogen (secondary N) is 1. The Bertz CT molecular complexity index is 3130. The SMILES string of the molecule is Cc1cc(-c2cc3c(cc2Nc2ccc4c(c2)C(C)(C)CCC4(C)C)C(C)(C)CCC3(C)C)c2c(c1)N(c1cc3c(cc1C)C(C)(C)CCC3(C)C)c1c(ccc3c1C(C)(C)c1ccccc1-3)[B]2. The molecular formula is C65H76BN2. The van der Waals surface area contributed by atoms with Gasteiger partial charge in [-0.3, -0.25) is 0 Å². The molecular weight excluding hydrogens is 820 g/mol. The molecule has 349 valence electrons. The highest BCUT2D eigenvalue weighted by atomic mass is 15.2. The maximum atomic E-state index is 4.18. The summed E-state index contributed by atoms with van der Waals surface area (Å²) in [6.45, 7) is 39.1. The van der Waals surface area contributed by atoms with Crippen molar-refractivity contribution in [3.8, 4) is 22.3 Å². The van der Waals surface area contributed by atoms with Crippen molar-refractivity contribution < 1.29 is 0 Å². The van der Waals surface area contributed by atoms with Crippen molar-refractivity contribution in [3.63, 3.8) is 0 Å². The summed E-state index contributed by atoms with van der Waals surface area (Å²) in [7, 11) is 2.55. The second kappa shape index (κ2) is 14.5. The van der Waals surface area contributed by atoms with E-state index in [0.717, 1.165) is 0 Å². The lowest BCUT2D eigenvalue weighted by atomic mass is 9.56. The summed E-state index contributed by atoms with van der Waals surface area (Å²) in [5.41, 5.74) is 28.9. The van der Waals surface area contributed by atoms with Gasteiger partial charge in [0, 0.05) is 39.4 Å². The predicted octanol–water partition coefficient (Wildman–Crippen LogP) is 16.5. The van der Waals surface area contributed by atoms with Gasteiger partial charge in [-0.15, -0.1) is 0 Å². The zero-order chi connectivity index (χ0) is 48.5. The van der Waals surface area contributed by atoms with Gasteiger partial charge in [0.2, 0.25) is 0 Å². The molecule has 6 aromatic carbocycles. The fraction of sp³-hybridized carbons (Fsp3) is 0.446. The van der Waals surface area contributed by atoms with Gasteiger partial charge in [-0.1, -0.05) is 157 Å². The summed E-state index contributed by atoms with van der Waals surface area (Å²) in [6, 6.07) is 36.6. The first-order valence-electron chi connectivity index (χ1n) is 26.1. The zero-order valence-corrected chi connectivity index (χ0v) is 44.4. The average molecular weight is 896 g/mol. The third-order valence-corrected chi connectivity index (χ3v) is 18.6. The Morgan fingerprint density at radius 1 is 0.441 bits per heavy atom. The molecule has 0 bridgehead atoms. The summed E-state index contributed by atoms with van der Waals surface area (Å²) in [5, 5.41) is 4.18. The van der Waals surface area contributed by atoms with Crippen LogP contribution >= 0.6 is 0 Å². The van der Waals surface area contributed by atoms with Gasteiger partial charge in [0.1, 0.15) is 0 Å². The molecule has 2 nitrogen and oxygen atoms in total. The molecule has 1 N–H and O–H groups in total. The first-order chi connectivity index (χ1) is 31.7. The smallest absolute Gasteiger partial charge is 0.197 e. The number of hydrogen-bond donors (Lipinski definition) is 1. The van der Waals surface area contributed by atoms with Crippen LogP contribution in [0, 0.1) is 13.8 Å². The molecule has 1 radical (unpaired) electrons. The second-order valence-electron chi connectivity index (χ2n) is 26.6. The first-order valence-corrected chi connectivity index (χ1v) is 26.1. The Morgan fingerprint density at radius 2 is 0.985 bits per heavy atom. The molecule has 1 aliphatic heterocycles. The van der Waals surface area contributed by atoms with Crippen LogP contribution in [-0.4, -0.2) is 7.28 Å². The number of benzene rings is 6. The minimum atomic E-state index is -0.191. The number of nitrogens with zero attached hydrogens (tertiary/aromatic N) is 1. The molecule has 68 heavy (non-hydrogen) atoms. The van der Waals surface area contributed by atoms with Crippen molar-refractivity contribution in [2.24, 2.45) is 0 Å². The molecule has 0 spiro atoms. The molecule has 0 saturated carbocycles. The molecule has 0 unspecified atom stereocenters. The molecule has 5 aliphatic rings. The van der Waals surface area contributed by atoms with E-state index in [0.29, 0.717) is 0 Å². The van der Waals surface area contributed by atoms with Gasteiger partial charge >= 0.3 is 0 Å². The second-order valence-corrected chi connectivity index (χ2v) is 26.6. The van der Waals surface area contributed by atoms with E-state index in [9.17, 15) is 0 Å². The van der Waals surface area contributed by atoms with Crippen LogP contribution in [0.1, 0.15) is 191 Å². The van der Waals surface area contributed by atoms with Crippen molar-refractivity contribution in [1.29, 1.82) is 0 Å². The van der Waals surface area contributed by atoms with Crippen LogP contribution in [0.2, 0.25) is 0 Å².